The lowest BCUT2D eigenvalue weighted by Crippen LogP contribution is -2.49. The van der Waals surface area contributed by atoms with E-state index < -0.39 is 0 Å². The number of amides is 1. The van der Waals surface area contributed by atoms with E-state index in [0.29, 0.717) is 18.6 Å². The molecule has 0 aliphatic carbocycles. The molecule has 0 aromatic heterocycles. The van der Waals surface area contributed by atoms with Gasteiger partial charge in [0.2, 0.25) is 5.91 Å². The van der Waals surface area contributed by atoms with Crippen molar-refractivity contribution in [1.82, 2.24) is 10.2 Å². The Hall–Kier alpha value is -1.75. The van der Waals surface area contributed by atoms with E-state index >= 15 is 0 Å². The third kappa shape index (κ3) is 4.61. The zero-order valence-corrected chi connectivity index (χ0v) is 14.6. The van der Waals surface area contributed by atoms with E-state index in [0.717, 1.165) is 37.6 Å². The summed E-state index contributed by atoms with van der Waals surface area (Å²) in [4.78, 5) is 13.4. The summed E-state index contributed by atoms with van der Waals surface area (Å²) in [5, 5.41) is 3.62. The van der Waals surface area contributed by atoms with E-state index in [1.165, 1.54) is 5.56 Å². The third-order valence-electron chi connectivity index (χ3n) is 4.45. The number of carbonyl (C=O) groups excluding carboxylic acids is 1. The molecular formula is C18H28N2O3. The Bertz CT molecular complexity index is 533. The molecule has 1 saturated heterocycles. The highest BCUT2D eigenvalue weighted by molar-refractivity contribution is 5.73. The molecule has 0 saturated carbocycles. The molecule has 1 aliphatic rings. The molecule has 1 N–H and O–H groups in total. The average Bonchev–Trinajstić information content (AvgIpc) is 2.54. The van der Waals surface area contributed by atoms with Crippen LogP contribution in [0, 0.1) is 5.92 Å². The first-order valence-corrected chi connectivity index (χ1v) is 8.33. The first kappa shape index (κ1) is 17.6. The highest BCUT2D eigenvalue weighted by Gasteiger charge is 2.26. The second kappa shape index (κ2) is 8.20. The second-order valence-corrected chi connectivity index (χ2v) is 6.14. The zero-order valence-electron chi connectivity index (χ0n) is 14.6. The van der Waals surface area contributed by atoms with Gasteiger partial charge in [-0.25, -0.2) is 0 Å². The molecule has 5 heteroatoms. The molecule has 0 bridgehead atoms. The van der Waals surface area contributed by atoms with Crippen molar-refractivity contribution in [2.24, 2.45) is 5.92 Å². The van der Waals surface area contributed by atoms with E-state index in [-0.39, 0.29) is 5.91 Å². The lowest BCUT2D eigenvalue weighted by Gasteiger charge is -2.37. The van der Waals surface area contributed by atoms with Crippen molar-refractivity contribution in [3.8, 4) is 11.5 Å². The molecule has 0 radical (unpaired) electrons. The Morgan fingerprint density at radius 2 is 2.17 bits per heavy atom. The maximum Gasteiger partial charge on any atom is 0.219 e. The Balaban J connectivity index is 1.92. The predicted molar refractivity (Wildman–Crippen MR) is 90.8 cm³/mol. The molecule has 1 aromatic rings. The highest BCUT2D eigenvalue weighted by atomic mass is 16.5. The van der Waals surface area contributed by atoms with Crippen molar-refractivity contribution < 1.29 is 14.3 Å². The van der Waals surface area contributed by atoms with Crippen LogP contribution in [0.15, 0.2) is 18.2 Å². The molecule has 1 aliphatic heterocycles. The van der Waals surface area contributed by atoms with Crippen molar-refractivity contribution in [1.29, 1.82) is 0 Å². The molecule has 2 atom stereocenters. The monoisotopic (exact) mass is 320 g/mol. The number of nitrogens with zero attached hydrogens (tertiary/aromatic N) is 1. The van der Waals surface area contributed by atoms with Crippen LogP contribution in [-0.4, -0.2) is 43.7 Å². The molecule has 23 heavy (non-hydrogen) atoms. The SMILES string of the molecule is CCOc1ccc(CN[C@H]2CCN(C(C)=O)C[C@@H]2C)cc1OC. The van der Waals surface area contributed by atoms with Crippen LogP contribution in [0.1, 0.15) is 32.8 Å². The normalized spacial score (nSPS) is 21.1. The molecule has 2 rings (SSSR count). The summed E-state index contributed by atoms with van der Waals surface area (Å²) in [6.45, 7) is 8.89. The molecule has 5 nitrogen and oxygen atoms in total. The number of nitrogens with one attached hydrogen (secondary N) is 1. The van der Waals surface area contributed by atoms with Crippen LogP contribution in [0.3, 0.4) is 0 Å². The Kier molecular flexibility index (Phi) is 6.28. The van der Waals surface area contributed by atoms with Gasteiger partial charge in [0.05, 0.1) is 13.7 Å². The Morgan fingerprint density at radius 3 is 2.78 bits per heavy atom. The van der Waals surface area contributed by atoms with Crippen molar-refractivity contribution >= 4 is 5.91 Å². The van der Waals surface area contributed by atoms with Gasteiger partial charge in [0.1, 0.15) is 0 Å². The molecule has 1 fully saturated rings. The zero-order chi connectivity index (χ0) is 16.8. The number of carbonyl (C=O) groups is 1. The molecular weight excluding hydrogens is 292 g/mol. The maximum absolute atomic E-state index is 11.5. The van der Waals surface area contributed by atoms with Gasteiger partial charge >= 0.3 is 0 Å². The van der Waals surface area contributed by atoms with Gasteiger partial charge in [-0.2, -0.15) is 0 Å². The quantitative estimate of drug-likeness (QED) is 0.875. The number of ether oxygens (including phenoxy) is 2. The Morgan fingerprint density at radius 1 is 1.39 bits per heavy atom. The lowest BCUT2D eigenvalue weighted by molar-refractivity contribution is -0.130. The van der Waals surface area contributed by atoms with Crippen LogP contribution < -0.4 is 14.8 Å². The summed E-state index contributed by atoms with van der Waals surface area (Å²) in [5.74, 6) is 2.18. The largest absolute Gasteiger partial charge is 0.493 e. The van der Waals surface area contributed by atoms with Gasteiger partial charge in [-0.3, -0.25) is 4.79 Å². The number of methoxy groups -OCH3 is 1. The fourth-order valence-electron chi connectivity index (χ4n) is 3.08. The van der Waals surface area contributed by atoms with Crippen molar-refractivity contribution in [2.45, 2.75) is 39.8 Å². The molecule has 1 heterocycles. The van der Waals surface area contributed by atoms with E-state index in [1.54, 1.807) is 14.0 Å². The topological polar surface area (TPSA) is 50.8 Å². The van der Waals surface area contributed by atoms with Crippen LogP contribution in [0.25, 0.3) is 0 Å². The van der Waals surface area contributed by atoms with Crippen molar-refractivity contribution in [3.05, 3.63) is 23.8 Å². The van der Waals surface area contributed by atoms with E-state index in [2.05, 4.69) is 18.3 Å². The van der Waals surface area contributed by atoms with Gasteiger partial charge in [0.15, 0.2) is 11.5 Å². The van der Waals surface area contributed by atoms with Gasteiger partial charge < -0.3 is 19.7 Å². The molecule has 128 valence electrons. The number of benzene rings is 1. The average molecular weight is 320 g/mol. The number of hydrogen-bond donors (Lipinski definition) is 1. The summed E-state index contributed by atoms with van der Waals surface area (Å²) < 4.78 is 10.9. The minimum absolute atomic E-state index is 0.173. The third-order valence-corrected chi connectivity index (χ3v) is 4.45. The van der Waals surface area contributed by atoms with Crippen molar-refractivity contribution in [3.63, 3.8) is 0 Å². The van der Waals surface area contributed by atoms with Crippen LogP contribution in [-0.2, 0) is 11.3 Å². The summed E-state index contributed by atoms with van der Waals surface area (Å²) in [5.41, 5.74) is 1.17. The molecule has 1 amide bonds. The smallest absolute Gasteiger partial charge is 0.219 e. The standard InChI is InChI=1S/C18H28N2O3/c1-5-23-17-7-6-15(10-18(17)22-4)11-19-16-8-9-20(14(3)21)12-13(16)2/h6-7,10,13,16,19H,5,8-9,11-12H2,1-4H3/t13-,16-/m0/s1. The number of hydrogen-bond acceptors (Lipinski definition) is 4. The first-order valence-electron chi connectivity index (χ1n) is 8.33. The molecule has 0 unspecified atom stereocenters. The fraction of sp³-hybridized carbons (Fsp3) is 0.611. The van der Waals surface area contributed by atoms with Crippen LogP contribution in [0.2, 0.25) is 0 Å². The lowest BCUT2D eigenvalue weighted by atomic mass is 9.93. The highest BCUT2D eigenvalue weighted by Crippen LogP contribution is 2.28. The second-order valence-electron chi connectivity index (χ2n) is 6.14. The summed E-state index contributed by atoms with van der Waals surface area (Å²) >= 11 is 0. The number of likely N-dealkylation sites (tertiary alicyclic amines) is 1. The van der Waals surface area contributed by atoms with Gasteiger partial charge in [-0.1, -0.05) is 13.0 Å². The number of piperidine rings is 1. The minimum Gasteiger partial charge on any atom is -0.493 e. The van der Waals surface area contributed by atoms with E-state index in [9.17, 15) is 4.79 Å². The summed E-state index contributed by atoms with van der Waals surface area (Å²) in [6.07, 6.45) is 0.995. The van der Waals surface area contributed by atoms with E-state index in [1.807, 2.05) is 24.0 Å². The van der Waals surface area contributed by atoms with Gasteiger partial charge in [-0.05, 0) is 37.0 Å². The molecule has 1 aromatic carbocycles. The van der Waals surface area contributed by atoms with Crippen LogP contribution in [0.4, 0.5) is 0 Å². The Labute approximate surface area is 139 Å². The first-order chi connectivity index (χ1) is 11.0. The van der Waals surface area contributed by atoms with E-state index in [4.69, 9.17) is 9.47 Å². The summed E-state index contributed by atoms with van der Waals surface area (Å²) in [6, 6.07) is 6.48. The minimum atomic E-state index is 0.173. The van der Waals surface area contributed by atoms with Gasteiger partial charge in [0, 0.05) is 32.6 Å². The maximum atomic E-state index is 11.5. The van der Waals surface area contributed by atoms with Crippen LogP contribution >= 0.6 is 0 Å². The van der Waals surface area contributed by atoms with Gasteiger partial charge in [0.25, 0.3) is 0 Å². The number of rotatable bonds is 6. The van der Waals surface area contributed by atoms with Gasteiger partial charge in [-0.15, -0.1) is 0 Å². The summed E-state index contributed by atoms with van der Waals surface area (Å²) in [7, 11) is 1.66. The predicted octanol–water partition coefficient (Wildman–Crippen LogP) is 2.44. The molecule has 0 spiro atoms. The van der Waals surface area contributed by atoms with Crippen molar-refractivity contribution in [2.75, 3.05) is 26.8 Å². The fourth-order valence-corrected chi connectivity index (χ4v) is 3.08. The van der Waals surface area contributed by atoms with Crippen LogP contribution in [0.5, 0.6) is 11.5 Å².